The van der Waals surface area contributed by atoms with E-state index in [-0.39, 0.29) is 52.8 Å². The maximum Gasteiger partial charge on any atom is 0.417 e. The van der Waals surface area contributed by atoms with E-state index in [9.17, 15) is 22.4 Å². The lowest BCUT2D eigenvalue weighted by Gasteiger charge is -2.11. The first-order valence-corrected chi connectivity index (χ1v) is 10.2. The third-order valence-electron chi connectivity index (χ3n) is 4.80. The standard InChI is InChI=1S/C22H17F4N7O2/c23-9-12-1-3-15(21(35)28-7-8-34)32-18(12)16-11-30-19-14(5-6-27-20(19)33-16)31-17-4-2-13(10-29-17)22(24,25)26/h1-6,10-11,34H,7-9H2,(H,28,35)(H,27,29,31,33). The van der Waals surface area contributed by atoms with Crippen molar-refractivity contribution in [3.8, 4) is 11.4 Å². The Hall–Kier alpha value is -4.26. The Balaban J connectivity index is 1.67. The minimum absolute atomic E-state index is 0.00398. The molecule has 0 spiro atoms. The summed E-state index contributed by atoms with van der Waals surface area (Å²) in [5.41, 5.74) is 0.401. The molecule has 0 fully saturated rings. The summed E-state index contributed by atoms with van der Waals surface area (Å²) in [6, 6.07) is 6.39. The van der Waals surface area contributed by atoms with E-state index in [1.54, 1.807) is 6.07 Å². The summed E-state index contributed by atoms with van der Waals surface area (Å²) in [6.45, 7) is -1.08. The van der Waals surface area contributed by atoms with E-state index in [1.165, 1.54) is 30.6 Å². The zero-order valence-corrected chi connectivity index (χ0v) is 17.8. The number of amides is 1. The SMILES string of the molecule is O=C(NCCO)c1ccc(CF)c(-c2cnc3c(Nc4ccc(C(F)(F)F)cn4)ccnc3n2)n1. The number of aliphatic hydroxyl groups excluding tert-OH is 1. The lowest BCUT2D eigenvalue weighted by atomic mass is 10.1. The van der Waals surface area contributed by atoms with Gasteiger partial charge >= 0.3 is 6.18 Å². The molecule has 0 saturated carbocycles. The normalized spacial score (nSPS) is 11.5. The van der Waals surface area contributed by atoms with Crippen molar-refractivity contribution in [1.29, 1.82) is 0 Å². The van der Waals surface area contributed by atoms with Gasteiger partial charge in [-0.25, -0.2) is 29.3 Å². The van der Waals surface area contributed by atoms with Crippen LogP contribution in [0, 0.1) is 0 Å². The summed E-state index contributed by atoms with van der Waals surface area (Å²) < 4.78 is 51.9. The summed E-state index contributed by atoms with van der Waals surface area (Å²) in [5, 5.41) is 14.2. The van der Waals surface area contributed by atoms with Crippen LogP contribution in [0.5, 0.6) is 0 Å². The number of carbonyl (C=O) groups is 1. The average Bonchev–Trinajstić information content (AvgIpc) is 2.86. The van der Waals surface area contributed by atoms with Crippen molar-refractivity contribution >= 4 is 28.6 Å². The van der Waals surface area contributed by atoms with Crippen molar-refractivity contribution in [2.75, 3.05) is 18.5 Å². The summed E-state index contributed by atoms with van der Waals surface area (Å²) in [7, 11) is 0. The van der Waals surface area contributed by atoms with E-state index in [2.05, 4.69) is 35.6 Å². The highest BCUT2D eigenvalue weighted by molar-refractivity contribution is 5.93. The fourth-order valence-electron chi connectivity index (χ4n) is 3.11. The van der Waals surface area contributed by atoms with Crippen LogP contribution < -0.4 is 10.6 Å². The Morgan fingerprint density at radius 2 is 1.83 bits per heavy atom. The van der Waals surface area contributed by atoms with Crippen LogP contribution in [0.3, 0.4) is 0 Å². The molecule has 1 amide bonds. The zero-order valence-electron chi connectivity index (χ0n) is 17.8. The highest BCUT2D eigenvalue weighted by Gasteiger charge is 2.30. The van der Waals surface area contributed by atoms with Crippen molar-refractivity contribution in [3.63, 3.8) is 0 Å². The fraction of sp³-hybridized carbons (Fsp3) is 0.182. The Morgan fingerprint density at radius 1 is 1.00 bits per heavy atom. The van der Waals surface area contributed by atoms with E-state index >= 15 is 0 Å². The summed E-state index contributed by atoms with van der Waals surface area (Å²) in [6.07, 6.45) is -1.05. The van der Waals surface area contributed by atoms with Gasteiger partial charge in [-0.1, -0.05) is 6.07 Å². The molecule has 3 N–H and O–H groups in total. The number of halogens is 4. The van der Waals surface area contributed by atoms with Gasteiger partial charge in [0, 0.05) is 24.5 Å². The molecule has 0 aliphatic carbocycles. The number of carbonyl (C=O) groups excluding carboxylic acids is 1. The highest BCUT2D eigenvalue weighted by atomic mass is 19.4. The smallest absolute Gasteiger partial charge is 0.395 e. The lowest BCUT2D eigenvalue weighted by molar-refractivity contribution is -0.137. The van der Waals surface area contributed by atoms with Crippen molar-refractivity contribution in [3.05, 3.63) is 65.7 Å². The molecule has 0 unspecified atom stereocenters. The largest absolute Gasteiger partial charge is 0.417 e. The van der Waals surface area contributed by atoms with Gasteiger partial charge in [0.1, 0.15) is 29.4 Å². The number of hydrogen-bond donors (Lipinski definition) is 3. The Kier molecular flexibility index (Phi) is 6.78. The van der Waals surface area contributed by atoms with E-state index < -0.39 is 24.3 Å². The molecule has 13 heteroatoms. The lowest BCUT2D eigenvalue weighted by Crippen LogP contribution is -2.27. The van der Waals surface area contributed by atoms with Gasteiger partial charge in [-0.2, -0.15) is 13.2 Å². The topological polar surface area (TPSA) is 126 Å². The second kappa shape index (κ2) is 9.93. The summed E-state index contributed by atoms with van der Waals surface area (Å²) in [4.78, 5) is 33.0. The molecule has 0 aliphatic heterocycles. The van der Waals surface area contributed by atoms with Gasteiger partial charge < -0.3 is 15.7 Å². The van der Waals surface area contributed by atoms with E-state index in [4.69, 9.17) is 5.11 Å². The molecule has 9 nitrogen and oxygen atoms in total. The summed E-state index contributed by atoms with van der Waals surface area (Å²) >= 11 is 0. The minimum Gasteiger partial charge on any atom is -0.395 e. The second-order valence-corrected chi connectivity index (χ2v) is 7.16. The van der Waals surface area contributed by atoms with Gasteiger partial charge in [-0.3, -0.25) is 4.79 Å². The monoisotopic (exact) mass is 487 g/mol. The molecule has 0 aliphatic rings. The molecule has 0 atom stereocenters. The Morgan fingerprint density at radius 3 is 2.51 bits per heavy atom. The van der Waals surface area contributed by atoms with Gasteiger partial charge in [0.2, 0.25) is 0 Å². The number of alkyl halides is 4. The van der Waals surface area contributed by atoms with Gasteiger partial charge in [0.25, 0.3) is 5.91 Å². The third kappa shape index (κ3) is 5.30. The van der Waals surface area contributed by atoms with Gasteiger partial charge in [-0.15, -0.1) is 0 Å². The van der Waals surface area contributed by atoms with Crippen LogP contribution in [0.25, 0.3) is 22.6 Å². The number of aromatic nitrogens is 5. The molecular weight excluding hydrogens is 470 g/mol. The number of aliphatic hydroxyl groups is 1. The molecule has 4 aromatic rings. The van der Waals surface area contributed by atoms with Crippen LogP contribution in [0.15, 0.2) is 48.9 Å². The number of anilines is 2. The molecule has 4 rings (SSSR count). The maximum atomic E-state index is 13.6. The van der Waals surface area contributed by atoms with Crippen LogP contribution >= 0.6 is 0 Å². The first-order valence-electron chi connectivity index (χ1n) is 10.2. The van der Waals surface area contributed by atoms with Crippen LogP contribution in [-0.2, 0) is 12.9 Å². The van der Waals surface area contributed by atoms with Crippen LogP contribution in [0.2, 0.25) is 0 Å². The predicted octanol–water partition coefficient (Wildman–Crippen LogP) is 3.44. The molecule has 0 saturated heterocycles. The number of nitrogens with one attached hydrogen (secondary N) is 2. The maximum absolute atomic E-state index is 13.6. The van der Waals surface area contributed by atoms with Crippen molar-refractivity contribution in [2.45, 2.75) is 12.9 Å². The summed E-state index contributed by atoms with van der Waals surface area (Å²) in [5.74, 6) is -0.396. The Labute approximate surface area is 195 Å². The predicted molar refractivity (Wildman–Crippen MR) is 117 cm³/mol. The van der Waals surface area contributed by atoms with Crippen molar-refractivity contribution in [1.82, 2.24) is 30.2 Å². The van der Waals surface area contributed by atoms with Crippen LogP contribution in [-0.4, -0.2) is 49.1 Å². The first-order chi connectivity index (χ1) is 16.8. The van der Waals surface area contributed by atoms with Gasteiger partial charge in [0.05, 0.1) is 29.7 Å². The second-order valence-electron chi connectivity index (χ2n) is 7.16. The average molecular weight is 487 g/mol. The van der Waals surface area contributed by atoms with Crippen LogP contribution in [0.1, 0.15) is 21.6 Å². The van der Waals surface area contributed by atoms with E-state index in [1.807, 2.05) is 0 Å². The zero-order chi connectivity index (χ0) is 25.0. The molecule has 0 aromatic carbocycles. The van der Waals surface area contributed by atoms with Gasteiger partial charge in [-0.05, 0) is 24.3 Å². The van der Waals surface area contributed by atoms with Crippen molar-refractivity contribution in [2.24, 2.45) is 0 Å². The first kappa shape index (κ1) is 23.9. The molecule has 35 heavy (non-hydrogen) atoms. The molecule has 4 aromatic heterocycles. The molecular formula is C22H17F4N7O2. The Bertz CT molecular complexity index is 1360. The number of rotatable bonds is 7. The third-order valence-corrected chi connectivity index (χ3v) is 4.80. The van der Waals surface area contributed by atoms with E-state index in [0.717, 1.165) is 6.07 Å². The number of hydrogen-bond acceptors (Lipinski definition) is 8. The minimum atomic E-state index is -4.50. The molecule has 4 heterocycles. The fourth-order valence-corrected chi connectivity index (χ4v) is 3.11. The molecule has 0 radical (unpaired) electrons. The highest BCUT2D eigenvalue weighted by Crippen LogP contribution is 2.30. The van der Waals surface area contributed by atoms with Gasteiger partial charge in [0.15, 0.2) is 5.65 Å². The number of nitrogens with zero attached hydrogens (tertiary/aromatic N) is 5. The van der Waals surface area contributed by atoms with Crippen LogP contribution in [0.4, 0.5) is 29.1 Å². The molecule has 180 valence electrons. The van der Waals surface area contributed by atoms with E-state index in [0.29, 0.717) is 11.9 Å². The number of pyridine rings is 3. The molecule has 0 bridgehead atoms. The quantitative estimate of drug-likeness (QED) is 0.339. The van der Waals surface area contributed by atoms with Crippen molar-refractivity contribution < 1.29 is 27.5 Å². The number of fused-ring (bicyclic) bond motifs is 1.